The van der Waals surface area contributed by atoms with Crippen molar-refractivity contribution in [3.8, 4) is 0 Å². The van der Waals surface area contributed by atoms with Crippen molar-refractivity contribution < 1.29 is 4.79 Å². The SMILES string of the molecule is CCCNC(CCN(C)CCC)(C(N)=O)c1ccccc1. The van der Waals surface area contributed by atoms with Crippen LogP contribution in [0.5, 0.6) is 0 Å². The van der Waals surface area contributed by atoms with Crippen LogP contribution >= 0.6 is 0 Å². The van der Waals surface area contributed by atoms with Crippen molar-refractivity contribution in [3.63, 3.8) is 0 Å². The number of hydrogen-bond acceptors (Lipinski definition) is 3. The second kappa shape index (κ2) is 8.80. The van der Waals surface area contributed by atoms with Gasteiger partial charge in [-0.15, -0.1) is 0 Å². The number of primary amides is 1. The number of nitrogens with two attached hydrogens (primary N) is 1. The summed E-state index contributed by atoms with van der Waals surface area (Å²) in [5, 5.41) is 3.39. The molecule has 4 nitrogen and oxygen atoms in total. The Bertz CT molecular complexity index is 421. The topological polar surface area (TPSA) is 58.4 Å². The molecule has 1 unspecified atom stereocenters. The summed E-state index contributed by atoms with van der Waals surface area (Å²) in [6.45, 7) is 6.88. The number of nitrogens with one attached hydrogen (secondary N) is 1. The molecule has 3 N–H and O–H groups in total. The number of amides is 1. The summed E-state index contributed by atoms with van der Waals surface area (Å²) >= 11 is 0. The monoisotopic (exact) mass is 291 g/mol. The molecule has 0 fully saturated rings. The normalized spacial score (nSPS) is 14.1. The highest BCUT2D eigenvalue weighted by atomic mass is 16.1. The van der Waals surface area contributed by atoms with E-state index in [-0.39, 0.29) is 5.91 Å². The van der Waals surface area contributed by atoms with Crippen LogP contribution in [0.3, 0.4) is 0 Å². The molecule has 0 heterocycles. The van der Waals surface area contributed by atoms with Crippen LogP contribution in [0.25, 0.3) is 0 Å². The zero-order valence-electron chi connectivity index (χ0n) is 13.6. The van der Waals surface area contributed by atoms with E-state index < -0.39 is 5.54 Å². The Labute approximate surface area is 128 Å². The third kappa shape index (κ3) is 4.83. The van der Waals surface area contributed by atoms with Crippen molar-refractivity contribution in [3.05, 3.63) is 35.9 Å². The Balaban J connectivity index is 2.99. The highest BCUT2D eigenvalue weighted by Gasteiger charge is 2.37. The molecule has 1 aromatic rings. The van der Waals surface area contributed by atoms with Gasteiger partial charge in [0.2, 0.25) is 5.91 Å². The van der Waals surface area contributed by atoms with E-state index in [1.807, 2.05) is 30.3 Å². The molecule has 0 radical (unpaired) electrons. The molecular weight excluding hydrogens is 262 g/mol. The first kappa shape index (κ1) is 17.7. The zero-order chi connectivity index (χ0) is 15.7. The number of carbonyl (C=O) groups excluding carboxylic acids is 1. The second-order valence-corrected chi connectivity index (χ2v) is 5.62. The largest absolute Gasteiger partial charge is 0.368 e. The van der Waals surface area contributed by atoms with E-state index in [9.17, 15) is 4.79 Å². The molecule has 1 amide bonds. The molecule has 0 spiro atoms. The molecule has 118 valence electrons. The van der Waals surface area contributed by atoms with Gasteiger partial charge in [0.15, 0.2) is 0 Å². The van der Waals surface area contributed by atoms with Gasteiger partial charge in [0.1, 0.15) is 5.54 Å². The van der Waals surface area contributed by atoms with Crippen molar-refractivity contribution in [1.82, 2.24) is 10.2 Å². The molecule has 0 saturated carbocycles. The number of rotatable bonds is 10. The van der Waals surface area contributed by atoms with Gasteiger partial charge in [-0.3, -0.25) is 10.1 Å². The van der Waals surface area contributed by atoms with Crippen LogP contribution in [0, 0.1) is 0 Å². The zero-order valence-corrected chi connectivity index (χ0v) is 13.6. The maximum atomic E-state index is 12.2. The lowest BCUT2D eigenvalue weighted by atomic mass is 9.85. The summed E-state index contributed by atoms with van der Waals surface area (Å²) in [7, 11) is 2.08. The van der Waals surface area contributed by atoms with Crippen LogP contribution < -0.4 is 11.1 Å². The van der Waals surface area contributed by atoms with Crippen molar-refractivity contribution in [1.29, 1.82) is 0 Å². The molecule has 0 aromatic heterocycles. The highest BCUT2D eigenvalue weighted by molar-refractivity contribution is 5.86. The van der Waals surface area contributed by atoms with Gasteiger partial charge in [-0.2, -0.15) is 0 Å². The Kier molecular flexibility index (Phi) is 7.40. The van der Waals surface area contributed by atoms with Gasteiger partial charge >= 0.3 is 0 Å². The summed E-state index contributed by atoms with van der Waals surface area (Å²) in [4.78, 5) is 14.5. The fourth-order valence-electron chi connectivity index (χ4n) is 2.60. The average molecular weight is 291 g/mol. The first-order valence-corrected chi connectivity index (χ1v) is 7.85. The van der Waals surface area contributed by atoms with Crippen molar-refractivity contribution >= 4 is 5.91 Å². The second-order valence-electron chi connectivity index (χ2n) is 5.62. The quantitative estimate of drug-likeness (QED) is 0.694. The molecule has 1 atom stereocenters. The smallest absolute Gasteiger partial charge is 0.242 e. The first-order chi connectivity index (χ1) is 10.1. The summed E-state index contributed by atoms with van der Waals surface area (Å²) in [5.41, 5.74) is 5.96. The van der Waals surface area contributed by atoms with E-state index in [1.165, 1.54) is 0 Å². The van der Waals surface area contributed by atoms with Crippen LogP contribution in [0.1, 0.15) is 38.7 Å². The summed E-state index contributed by atoms with van der Waals surface area (Å²) < 4.78 is 0. The van der Waals surface area contributed by atoms with Crippen LogP contribution in [0.15, 0.2) is 30.3 Å². The van der Waals surface area contributed by atoms with Gasteiger partial charge < -0.3 is 10.6 Å². The molecular formula is C17H29N3O. The van der Waals surface area contributed by atoms with Crippen molar-refractivity contribution in [2.24, 2.45) is 5.73 Å². The lowest BCUT2D eigenvalue weighted by Gasteiger charge is -2.34. The molecule has 0 saturated heterocycles. The molecule has 21 heavy (non-hydrogen) atoms. The Morgan fingerprint density at radius 2 is 1.86 bits per heavy atom. The Hall–Kier alpha value is -1.39. The third-order valence-electron chi connectivity index (χ3n) is 3.84. The number of nitrogens with zero attached hydrogens (tertiary/aromatic N) is 1. The van der Waals surface area contributed by atoms with Gasteiger partial charge in [0, 0.05) is 6.54 Å². The third-order valence-corrected chi connectivity index (χ3v) is 3.84. The molecule has 0 aliphatic carbocycles. The molecule has 0 bridgehead atoms. The average Bonchev–Trinajstić information content (AvgIpc) is 2.48. The minimum Gasteiger partial charge on any atom is -0.368 e. The summed E-state index contributed by atoms with van der Waals surface area (Å²) in [6.07, 6.45) is 2.75. The standard InChI is InChI=1S/C17H29N3O/c1-4-12-19-17(16(18)21,11-14-20(3)13-5-2)15-9-7-6-8-10-15/h6-10,19H,4-5,11-14H2,1-3H3,(H2,18,21). The van der Waals surface area contributed by atoms with Gasteiger partial charge in [-0.1, -0.05) is 44.2 Å². The van der Waals surface area contributed by atoms with E-state index in [0.717, 1.165) is 38.0 Å². The number of benzene rings is 1. The van der Waals surface area contributed by atoms with Gasteiger partial charge in [0.25, 0.3) is 0 Å². The lowest BCUT2D eigenvalue weighted by Crippen LogP contribution is -2.54. The maximum Gasteiger partial charge on any atom is 0.242 e. The lowest BCUT2D eigenvalue weighted by molar-refractivity contribution is -0.125. The molecule has 0 aliphatic heterocycles. The van der Waals surface area contributed by atoms with E-state index in [1.54, 1.807) is 0 Å². The van der Waals surface area contributed by atoms with Crippen LogP contribution in [-0.2, 0) is 10.3 Å². The van der Waals surface area contributed by atoms with Gasteiger partial charge in [-0.25, -0.2) is 0 Å². The molecule has 1 aromatic carbocycles. The van der Waals surface area contributed by atoms with Gasteiger partial charge in [-0.05, 0) is 45.0 Å². The van der Waals surface area contributed by atoms with Crippen LogP contribution in [-0.4, -0.2) is 37.5 Å². The fraction of sp³-hybridized carbons (Fsp3) is 0.588. The predicted octanol–water partition coefficient (Wildman–Crippen LogP) is 2.10. The molecule has 1 rings (SSSR count). The summed E-state index contributed by atoms with van der Waals surface area (Å²) in [5.74, 6) is -0.299. The highest BCUT2D eigenvalue weighted by Crippen LogP contribution is 2.25. The molecule has 0 aliphatic rings. The van der Waals surface area contributed by atoms with E-state index in [2.05, 4.69) is 31.1 Å². The number of hydrogen-bond donors (Lipinski definition) is 2. The van der Waals surface area contributed by atoms with Gasteiger partial charge in [0.05, 0.1) is 0 Å². The van der Waals surface area contributed by atoms with Crippen LogP contribution in [0.2, 0.25) is 0 Å². The fourth-order valence-corrected chi connectivity index (χ4v) is 2.60. The van der Waals surface area contributed by atoms with E-state index >= 15 is 0 Å². The van der Waals surface area contributed by atoms with E-state index in [4.69, 9.17) is 5.73 Å². The maximum absolute atomic E-state index is 12.2. The van der Waals surface area contributed by atoms with Crippen molar-refractivity contribution in [2.45, 2.75) is 38.6 Å². The van der Waals surface area contributed by atoms with Crippen LogP contribution in [0.4, 0.5) is 0 Å². The summed E-state index contributed by atoms with van der Waals surface area (Å²) in [6, 6.07) is 9.82. The van der Waals surface area contributed by atoms with E-state index in [0.29, 0.717) is 6.42 Å². The predicted molar refractivity (Wildman–Crippen MR) is 88.0 cm³/mol. The Morgan fingerprint density at radius 3 is 2.38 bits per heavy atom. The first-order valence-electron chi connectivity index (χ1n) is 7.85. The minimum atomic E-state index is -0.779. The molecule has 4 heteroatoms. The van der Waals surface area contributed by atoms with Crippen molar-refractivity contribution in [2.75, 3.05) is 26.7 Å². The minimum absolute atomic E-state index is 0.299. The number of carbonyl (C=O) groups is 1. The Morgan fingerprint density at radius 1 is 1.19 bits per heavy atom.